The largest absolute Gasteiger partial charge is 0.504 e. The maximum absolute atomic E-state index is 9.77. The molecule has 0 fully saturated rings. The molecule has 0 saturated heterocycles. The van der Waals surface area contributed by atoms with Crippen LogP contribution in [0.1, 0.15) is 0 Å². The van der Waals surface area contributed by atoms with E-state index in [1.165, 1.54) is 0 Å². The molecule has 0 spiro atoms. The fraction of sp³-hybridized carbons (Fsp3) is 0. The molecule has 0 bridgehead atoms. The number of nitrogens with zero attached hydrogens (tertiary/aromatic N) is 2. The van der Waals surface area contributed by atoms with E-state index in [2.05, 4.69) is 15.2 Å². The highest BCUT2D eigenvalue weighted by Gasteiger charge is 2.10. The molecule has 0 atom stereocenters. The number of phenolic OH excluding ortho intramolecular Hbond substituents is 1. The van der Waals surface area contributed by atoms with Crippen LogP contribution >= 0.6 is 0 Å². The van der Waals surface area contributed by atoms with Gasteiger partial charge in [-0.2, -0.15) is 5.10 Å². The smallest absolute Gasteiger partial charge is 0.169 e. The Morgan fingerprint density at radius 3 is 2.58 bits per heavy atom. The van der Waals surface area contributed by atoms with E-state index < -0.39 is 0 Å². The van der Waals surface area contributed by atoms with Crippen LogP contribution in [-0.4, -0.2) is 20.3 Å². The fourth-order valence-electron chi connectivity index (χ4n) is 2.59. The number of nitrogens with two attached hydrogens (primary N) is 1. The molecular weight excluding hydrogens is 304 g/mol. The zero-order valence-corrected chi connectivity index (χ0v) is 12.6. The van der Waals surface area contributed by atoms with Crippen molar-refractivity contribution in [3.8, 4) is 28.4 Å². The summed E-state index contributed by atoms with van der Waals surface area (Å²) in [7, 11) is 0. The molecule has 6 heteroatoms. The van der Waals surface area contributed by atoms with E-state index in [0.717, 1.165) is 22.0 Å². The molecule has 4 rings (SSSR count). The number of H-pyrrole nitrogens is 1. The van der Waals surface area contributed by atoms with Crippen LogP contribution in [-0.2, 0) is 0 Å². The number of para-hydroxylation sites is 2. The summed E-state index contributed by atoms with van der Waals surface area (Å²) in [5.41, 5.74) is 8.58. The molecule has 4 N–H and O–H groups in total. The number of phenols is 1. The first-order chi connectivity index (χ1) is 11.7. The number of nitrogens with one attached hydrogen (secondary N) is 1. The van der Waals surface area contributed by atoms with E-state index in [0.29, 0.717) is 17.3 Å². The summed E-state index contributed by atoms with van der Waals surface area (Å²) in [6.07, 6.45) is 3.45. The van der Waals surface area contributed by atoms with Gasteiger partial charge in [-0.15, -0.1) is 0 Å². The number of anilines is 1. The minimum atomic E-state index is 0.0988. The summed E-state index contributed by atoms with van der Waals surface area (Å²) in [5.74, 6) is 1.58. The van der Waals surface area contributed by atoms with E-state index in [9.17, 15) is 5.11 Å². The Bertz CT molecular complexity index is 1010. The number of rotatable bonds is 3. The lowest BCUT2D eigenvalue weighted by molar-refractivity contribution is 0.411. The van der Waals surface area contributed by atoms with Gasteiger partial charge in [0.05, 0.1) is 17.1 Å². The van der Waals surface area contributed by atoms with Gasteiger partial charge in [-0.25, -0.2) is 0 Å². The standard InChI is InChI=1S/C18H14N4O2/c19-18-17-13(9-20-10-14(17)21-22-18)11-5-7-12(8-6-11)24-16-4-2-1-3-15(16)23/h1-10,23H,(H3,19,21,22). The molecule has 0 saturated carbocycles. The first-order valence-electron chi connectivity index (χ1n) is 7.36. The van der Waals surface area contributed by atoms with Crippen molar-refractivity contribution in [1.82, 2.24) is 15.2 Å². The van der Waals surface area contributed by atoms with Crippen molar-refractivity contribution in [3.05, 3.63) is 60.9 Å². The van der Waals surface area contributed by atoms with Crippen molar-refractivity contribution in [1.29, 1.82) is 0 Å². The summed E-state index contributed by atoms with van der Waals surface area (Å²) in [6.45, 7) is 0. The van der Waals surface area contributed by atoms with Crippen molar-refractivity contribution < 1.29 is 9.84 Å². The van der Waals surface area contributed by atoms with Gasteiger partial charge in [-0.05, 0) is 29.8 Å². The van der Waals surface area contributed by atoms with E-state index in [4.69, 9.17) is 10.5 Å². The Hall–Kier alpha value is -3.54. The predicted octanol–water partition coefficient (Wildman–Crippen LogP) is 3.71. The fourth-order valence-corrected chi connectivity index (χ4v) is 2.59. The second-order valence-corrected chi connectivity index (χ2v) is 5.31. The van der Waals surface area contributed by atoms with Crippen LogP contribution in [0.3, 0.4) is 0 Å². The van der Waals surface area contributed by atoms with Crippen molar-refractivity contribution >= 4 is 16.7 Å². The summed E-state index contributed by atoms with van der Waals surface area (Å²) in [4.78, 5) is 4.21. The van der Waals surface area contributed by atoms with Crippen LogP contribution in [0.5, 0.6) is 17.2 Å². The van der Waals surface area contributed by atoms with Crippen molar-refractivity contribution in [2.45, 2.75) is 0 Å². The lowest BCUT2D eigenvalue weighted by Crippen LogP contribution is -1.88. The summed E-state index contributed by atoms with van der Waals surface area (Å²) in [5, 5.41) is 17.5. The minimum absolute atomic E-state index is 0.0988. The highest BCUT2D eigenvalue weighted by atomic mass is 16.5. The number of hydrogen-bond acceptors (Lipinski definition) is 5. The van der Waals surface area contributed by atoms with Gasteiger partial charge in [-0.1, -0.05) is 24.3 Å². The second kappa shape index (κ2) is 5.58. The topological polar surface area (TPSA) is 97.1 Å². The Labute approximate surface area is 137 Å². The minimum Gasteiger partial charge on any atom is -0.504 e. The molecule has 2 aromatic heterocycles. The molecule has 0 radical (unpaired) electrons. The van der Waals surface area contributed by atoms with Gasteiger partial charge in [0, 0.05) is 11.8 Å². The number of aromatic amines is 1. The number of nitrogen functional groups attached to an aromatic ring is 1. The van der Waals surface area contributed by atoms with Crippen LogP contribution in [0.2, 0.25) is 0 Å². The van der Waals surface area contributed by atoms with Crippen LogP contribution in [0.25, 0.3) is 22.0 Å². The quantitative estimate of drug-likeness (QED) is 0.535. The number of aromatic nitrogens is 3. The highest BCUT2D eigenvalue weighted by molar-refractivity contribution is 6.00. The molecule has 4 aromatic rings. The van der Waals surface area contributed by atoms with Gasteiger partial charge < -0.3 is 15.6 Å². The molecule has 0 aliphatic heterocycles. The second-order valence-electron chi connectivity index (χ2n) is 5.31. The molecule has 2 aromatic carbocycles. The molecule has 118 valence electrons. The van der Waals surface area contributed by atoms with Crippen molar-refractivity contribution in [2.75, 3.05) is 5.73 Å². The van der Waals surface area contributed by atoms with Crippen LogP contribution in [0.15, 0.2) is 60.9 Å². The van der Waals surface area contributed by atoms with Gasteiger partial charge in [0.2, 0.25) is 0 Å². The van der Waals surface area contributed by atoms with Crippen molar-refractivity contribution in [2.24, 2.45) is 0 Å². The highest BCUT2D eigenvalue weighted by Crippen LogP contribution is 2.33. The number of hydrogen-bond donors (Lipinski definition) is 3. The van der Waals surface area contributed by atoms with E-state index in [1.54, 1.807) is 36.7 Å². The molecule has 6 nitrogen and oxygen atoms in total. The SMILES string of the molecule is Nc1n[nH]c2cncc(-c3ccc(Oc4ccccc4O)cc3)c12. The van der Waals surface area contributed by atoms with Gasteiger partial charge in [-0.3, -0.25) is 10.1 Å². The van der Waals surface area contributed by atoms with Gasteiger partial charge in [0.25, 0.3) is 0 Å². The summed E-state index contributed by atoms with van der Waals surface area (Å²) < 4.78 is 5.69. The lowest BCUT2D eigenvalue weighted by Gasteiger charge is -2.08. The average molecular weight is 318 g/mol. The number of fused-ring (bicyclic) bond motifs is 1. The number of pyridine rings is 1. The third-order valence-corrected chi connectivity index (χ3v) is 3.76. The van der Waals surface area contributed by atoms with E-state index in [1.807, 2.05) is 24.3 Å². The van der Waals surface area contributed by atoms with Gasteiger partial charge in [0.1, 0.15) is 5.75 Å². The zero-order chi connectivity index (χ0) is 16.5. The Kier molecular flexibility index (Phi) is 3.28. The Morgan fingerprint density at radius 1 is 1.00 bits per heavy atom. The lowest BCUT2D eigenvalue weighted by atomic mass is 10.0. The first-order valence-corrected chi connectivity index (χ1v) is 7.36. The number of aromatic hydroxyl groups is 1. The average Bonchev–Trinajstić information content (AvgIpc) is 2.99. The van der Waals surface area contributed by atoms with Crippen LogP contribution in [0.4, 0.5) is 5.82 Å². The van der Waals surface area contributed by atoms with Gasteiger partial charge in [0.15, 0.2) is 17.3 Å². The number of benzene rings is 2. The molecular formula is C18H14N4O2. The summed E-state index contributed by atoms with van der Waals surface area (Å²) >= 11 is 0. The molecule has 0 aliphatic rings. The predicted molar refractivity (Wildman–Crippen MR) is 91.9 cm³/mol. The summed E-state index contributed by atoms with van der Waals surface area (Å²) in [6, 6.07) is 14.3. The molecule has 0 amide bonds. The molecule has 0 aliphatic carbocycles. The third-order valence-electron chi connectivity index (χ3n) is 3.76. The van der Waals surface area contributed by atoms with E-state index >= 15 is 0 Å². The number of ether oxygens (including phenoxy) is 1. The van der Waals surface area contributed by atoms with Crippen LogP contribution in [0, 0.1) is 0 Å². The van der Waals surface area contributed by atoms with Crippen LogP contribution < -0.4 is 10.5 Å². The maximum Gasteiger partial charge on any atom is 0.169 e. The molecule has 2 heterocycles. The Balaban J connectivity index is 1.69. The van der Waals surface area contributed by atoms with Crippen molar-refractivity contribution in [3.63, 3.8) is 0 Å². The third kappa shape index (κ3) is 2.40. The van der Waals surface area contributed by atoms with E-state index in [-0.39, 0.29) is 5.75 Å². The zero-order valence-electron chi connectivity index (χ0n) is 12.6. The normalized spacial score (nSPS) is 10.8. The van der Waals surface area contributed by atoms with Gasteiger partial charge >= 0.3 is 0 Å². The Morgan fingerprint density at radius 2 is 1.79 bits per heavy atom. The molecule has 0 unspecified atom stereocenters. The monoisotopic (exact) mass is 318 g/mol. The molecule has 24 heavy (non-hydrogen) atoms. The first kappa shape index (κ1) is 14.1. The maximum atomic E-state index is 9.77.